The normalized spacial score (nSPS) is 14.8. The molecule has 7 heteroatoms. The Balaban J connectivity index is 1.78. The Labute approximate surface area is 158 Å². The molecule has 1 fully saturated rings. The van der Waals surface area contributed by atoms with Gasteiger partial charge in [-0.1, -0.05) is 23.7 Å². The number of nitrogens with zero attached hydrogens (tertiary/aromatic N) is 1. The summed E-state index contributed by atoms with van der Waals surface area (Å²) in [5.74, 6) is -1.64. The van der Waals surface area contributed by atoms with Crippen molar-refractivity contribution < 1.29 is 14.3 Å². The molecule has 0 atom stereocenters. The first-order valence-electron chi connectivity index (χ1n) is 8.25. The zero-order valence-corrected chi connectivity index (χ0v) is 15.3. The summed E-state index contributed by atoms with van der Waals surface area (Å²) < 4.78 is 14.6. The maximum absolute atomic E-state index is 14.4. The van der Waals surface area contributed by atoms with Gasteiger partial charge in [-0.2, -0.15) is 0 Å². The van der Waals surface area contributed by atoms with Crippen molar-refractivity contribution in [2.24, 2.45) is 0 Å². The second-order valence-electron chi connectivity index (χ2n) is 6.16. The van der Waals surface area contributed by atoms with E-state index in [1.807, 2.05) is 24.3 Å². The third kappa shape index (κ3) is 3.05. The number of halogens is 2. The number of carboxylic acid groups (broad SMARTS) is 1. The van der Waals surface area contributed by atoms with E-state index in [0.717, 1.165) is 54.3 Å². The molecule has 4 nitrogen and oxygen atoms in total. The summed E-state index contributed by atoms with van der Waals surface area (Å²) in [7, 11) is 0. The number of benzene rings is 2. The number of rotatable bonds is 3. The molecule has 1 saturated heterocycles. The Morgan fingerprint density at radius 3 is 2.54 bits per heavy atom. The molecule has 26 heavy (non-hydrogen) atoms. The van der Waals surface area contributed by atoms with Crippen LogP contribution in [0.15, 0.2) is 36.4 Å². The van der Waals surface area contributed by atoms with E-state index in [1.54, 1.807) is 6.07 Å². The van der Waals surface area contributed by atoms with Crippen LogP contribution in [0.3, 0.4) is 0 Å². The first kappa shape index (κ1) is 17.3. The quantitative estimate of drug-likeness (QED) is 0.692. The van der Waals surface area contributed by atoms with Crippen molar-refractivity contribution in [3.8, 4) is 11.1 Å². The van der Waals surface area contributed by atoms with Crippen LogP contribution in [-0.2, 0) is 0 Å². The van der Waals surface area contributed by atoms with E-state index in [2.05, 4.69) is 10.2 Å². The molecule has 2 heterocycles. The van der Waals surface area contributed by atoms with Crippen molar-refractivity contribution >= 4 is 44.7 Å². The molecular formula is C19H16ClFN2O2S. The first-order valence-corrected chi connectivity index (χ1v) is 9.45. The predicted molar refractivity (Wildman–Crippen MR) is 104 cm³/mol. The molecule has 1 aromatic heterocycles. The molecule has 0 unspecified atom stereocenters. The number of piperazine rings is 1. The minimum Gasteiger partial charge on any atom is -0.477 e. The molecule has 1 aliphatic rings. The monoisotopic (exact) mass is 390 g/mol. The highest BCUT2D eigenvalue weighted by Crippen LogP contribution is 2.39. The number of nitrogens with one attached hydrogen (secondary N) is 1. The van der Waals surface area contributed by atoms with Gasteiger partial charge < -0.3 is 15.3 Å². The average Bonchev–Trinajstić information content (AvgIpc) is 3.12. The first-order chi connectivity index (χ1) is 12.5. The van der Waals surface area contributed by atoms with Crippen LogP contribution in [0.25, 0.3) is 21.2 Å². The standard InChI is InChI=1S/C19H16ClFN2O2S/c20-15-9-13(14-10-16(19(24)25)26-18(14)17(15)21)11-1-3-12(4-2-11)23-7-5-22-6-8-23/h1-4,9-10,22H,5-8H2,(H,24,25). The van der Waals surface area contributed by atoms with Gasteiger partial charge in [-0.3, -0.25) is 0 Å². The van der Waals surface area contributed by atoms with E-state index in [0.29, 0.717) is 5.39 Å². The number of hydrogen-bond donors (Lipinski definition) is 2. The molecule has 3 aromatic rings. The third-order valence-electron chi connectivity index (χ3n) is 4.57. The van der Waals surface area contributed by atoms with E-state index in [1.165, 1.54) is 6.07 Å². The third-order valence-corrected chi connectivity index (χ3v) is 5.96. The van der Waals surface area contributed by atoms with Gasteiger partial charge in [-0.15, -0.1) is 11.3 Å². The van der Waals surface area contributed by atoms with Crippen molar-refractivity contribution in [3.63, 3.8) is 0 Å². The van der Waals surface area contributed by atoms with Gasteiger partial charge in [0, 0.05) is 37.3 Å². The average molecular weight is 391 g/mol. The van der Waals surface area contributed by atoms with Crippen LogP contribution < -0.4 is 10.2 Å². The molecule has 0 radical (unpaired) electrons. The summed E-state index contributed by atoms with van der Waals surface area (Å²) in [5.41, 5.74) is 2.75. The second kappa shape index (κ2) is 6.87. The van der Waals surface area contributed by atoms with Gasteiger partial charge in [0.25, 0.3) is 0 Å². The van der Waals surface area contributed by atoms with Crippen LogP contribution in [0.4, 0.5) is 10.1 Å². The lowest BCUT2D eigenvalue weighted by Gasteiger charge is -2.29. The van der Waals surface area contributed by atoms with Crippen molar-refractivity contribution in [3.05, 3.63) is 52.1 Å². The minimum absolute atomic E-state index is 0.00234. The smallest absolute Gasteiger partial charge is 0.345 e. The van der Waals surface area contributed by atoms with E-state index < -0.39 is 11.8 Å². The van der Waals surface area contributed by atoms with Gasteiger partial charge in [0.05, 0.1) is 9.72 Å². The van der Waals surface area contributed by atoms with Crippen molar-refractivity contribution in [1.29, 1.82) is 0 Å². The fraction of sp³-hybridized carbons (Fsp3) is 0.211. The fourth-order valence-corrected chi connectivity index (χ4v) is 4.47. The molecule has 0 bridgehead atoms. The summed E-state index contributed by atoms with van der Waals surface area (Å²) in [5, 5.41) is 13.1. The summed E-state index contributed by atoms with van der Waals surface area (Å²) in [6.07, 6.45) is 0. The maximum Gasteiger partial charge on any atom is 0.345 e. The number of thiophene rings is 1. The number of carbonyl (C=O) groups is 1. The summed E-state index contributed by atoms with van der Waals surface area (Å²) in [4.78, 5) is 13.7. The Bertz CT molecular complexity index is 981. The highest BCUT2D eigenvalue weighted by Gasteiger charge is 2.18. The summed E-state index contributed by atoms with van der Waals surface area (Å²) in [6.45, 7) is 3.84. The second-order valence-corrected chi connectivity index (χ2v) is 7.62. The van der Waals surface area contributed by atoms with Gasteiger partial charge in [-0.25, -0.2) is 9.18 Å². The highest BCUT2D eigenvalue weighted by atomic mass is 35.5. The van der Waals surface area contributed by atoms with E-state index in [-0.39, 0.29) is 14.6 Å². The lowest BCUT2D eigenvalue weighted by molar-refractivity contribution is 0.0702. The molecule has 4 rings (SSSR count). The lowest BCUT2D eigenvalue weighted by atomic mass is 10.0. The number of anilines is 1. The van der Waals surface area contributed by atoms with Gasteiger partial charge in [0.1, 0.15) is 4.88 Å². The van der Waals surface area contributed by atoms with E-state index >= 15 is 0 Å². The Kier molecular flexibility index (Phi) is 4.56. The van der Waals surface area contributed by atoms with Gasteiger partial charge >= 0.3 is 5.97 Å². The highest BCUT2D eigenvalue weighted by molar-refractivity contribution is 7.20. The minimum atomic E-state index is -1.07. The molecule has 2 aromatic carbocycles. The van der Waals surface area contributed by atoms with Crippen molar-refractivity contribution in [2.75, 3.05) is 31.1 Å². The Morgan fingerprint density at radius 2 is 1.88 bits per heavy atom. The zero-order chi connectivity index (χ0) is 18.3. The Morgan fingerprint density at radius 1 is 1.19 bits per heavy atom. The molecule has 134 valence electrons. The Hall–Kier alpha value is -2.15. The fourth-order valence-electron chi connectivity index (χ4n) is 3.25. The van der Waals surface area contributed by atoms with Crippen LogP contribution in [0.1, 0.15) is 9.67 Å². The van der Waals surface area contributed by atoms with Crippen LogP contribution in [0.2, 0.25) is 5.02 Å². The summed E-state index contributed by atoms with van der Waals surface area (Å²) in [6, 6.07) is 11.1. The lowest BCUT2D eigenvalue weighted by Crippen LogP contribution is -2.43. The van der Waals surface area contributed by atoms with Gasteiger partial charge in [-0.05, 0) is 35.4 Å². The van der Waals surface area contributed by atoms with E-state index in [4.69, 9.17) is 11.6 Å². The number of aromatic carboxylic acids is 1. The van der Waals surface area contributed by atoms with Gasteiger partial charge in [0.15, 0.2) is 5.82 Å². The topological polar surface area (TPSA) is 52.6 Å². The van der Waals surface area contributed by atoms with Crippen LogP contribution in [0.5, 0.6) is 0 Å². The zero-order valence-electron chi connectivity index (χ0n) is 13.8. The van der Waals surface area contributed by atoms with Gasteiger partial charge in [0.2, 0.25) is 0 Å². The van der Waals surface area contributed by atoms with Crippen LogP contribution in [0, 0.1) is 5.82 Å². The molecule has 0 saturated carbocycles. The molecular weight excluding hydrogens is 375 g/mol. The largest absolute Gasteiger partial charge is 0.477 e. The summed E-state index contributed by atoms with van der Waals surface area (Å²) >= 11 is 6.96. The van der Waals surface area contributed by atoms with Crippen LogP contribution >= 0.6 is 22.9 Å². The molecule has 0 aliphatic carbocycles. The van der Waals surface area contributed by atoms with Crippen molar-refractivity contribution in [2.45, 2.75) is 0 Å². The SMILES string of the molecule is O=C(O)c1cc2c(-c3ccc(N4CCNCC4)cc3)cc(Cl)c(F)c2s1. The predicted octanol–water partition coefficient (Wildman–Crippen LogP) is 4.47. The maximum atomic E-state index is 14.4. The van der Waals surface area contributed by atoms with E-state index in [9.17, 15) is 14.3 Å². The number of carboxylic acids is 1. The molecule has 2 N–H and O–H groups in total. The molecule has 0 amide bonds. The number of fused-ring (bicyclic) bond motifs is 1. The number of hydrogen-bond acceptors (Lipinski definition) is 4. The van der Waals surface area contributed by atoms with Crippen molar-refractivity contribution in [1.82, 2.24) is 5.32 Å². The molecule has 0 spiro atoms. The molecule has 1 aliphatic heterocycles. The van der Waals surface area contributed by atoms with Crippen LogP contribution in [-0.4, -0.2) is 37.3 Å².